The zero-order chi connectivity index (χ0) is 16.0. The Balaban J connectivity index is 2.77. The number of carbonyl (C=O) groups excluding carboxylic acids is 1. The van der Waals surface area contributed by atoms with Crippen LogP contribution in [0.15, 0.2) is 24.3 Å². The molecular weight excluding hydrogens is 272 g/mol. The van der Waals surface area contributed by atoms with Gasteiger partial charge in [0.25, 0.3) is 0 Å². The van der Waals surface area contributed by atoms with E-state index in [-0.39, 0.29) is 24.2 Å². The minimum Gasteiger partial charge on any atom is -0.508 e. The van der Waals surface area contributed by atoms with Gasteiger partial charge in [-0.05, 0) is 37.5 Å². The number of carboxylic acids is 1. The highest BCUT2D eigenvalue weighted by Gasteiger charge is 2.26. The molecule has 1 amide bonds. The van der Waals surface area contributed by atoms with E-state index >= 15 is 0 Å². The Morgan fingerprint density at radius 3 is 2.33 bits per heavy atom. The predicted molar refractivity (Wildman–Crippen MR) is 78.9 cm³/mol. The molecule has 6 heteroatoms. The summed E-state index contributed by atoms with van der Waals surface area (Å²) < 4.78 is 0. The van der Waals surface area contributed by atoms with Crippen LogP contribution in [0.3, 0.4) is 0 Å². The first kappa shape index (κ1) is 17.0. The number of aliphatic carboxylic acids is 1. The van der Waals surface area contributed by atoms with E-state index in [0.717, 1.165) is 5.56 Å². The fourth-order valence-corrected chi connectivity index (χ4v) is 2.00. The van der Waals surface area contributed by atoms with Crippen LogP contribution in [0.5, 0.6) is 5.75 Å². The molecule has 2 atom stereocenters. The van der Waals surface area contributed by atoms with Crippen molar-refractivity contribution >= 4 is 11.9 Å². The van der Waals surface area contributed by atoms with Gasteiger partial charge in [-0.3, -0.25) is 9.59 Å². The lowest BCUT2D eigenvalue weighted by Crippen LogP contribution is -2.50. The molecule has 0 aliphatic rings. The summed E-state index contributed by atoms with van der Waals surface area (Å²) >= 11 is 0. The zero-order valence-electron chi connectivity index (χ0n) is 12.3. The minimum atomic E-state index is -1.06. The smallest absolute Gasteiger partial charge is 0.323 e. The second kappa shape index (κ2) is 7.64. The number of rotatable bonds is 7. The number of hydrogen-bond donors (Lipinski definition) is 3. The number of phenols is 1. The summed E-state index contributed by atoms with van der Waals surface area (Å²) in [6.07, 6.45) is 0.955. The first-order chi connectivity index (χ1) is 9.85. The number of nitrogens with two attached hydrogens (primary N) is 1. The summed E-state index contributed by atoms with van der Waals surface area (Å²) in [6.45, 7) is 3.34. The van der Waals surface area contributed by atoms with Crippen LogP contribution in [0.4, 0.5) is 0 Å². The van der Waals surface area contributed by atoms with Gasteiger partial charge in [0.15, 0.2) is 0 Å². The van der Waals surface area contributed by atoms with Gasteiger partial charge in [0.1, 0.15) is 12.3 Å². The van der Waals surface area contributed by atoms with E-state index in [1.165, 1.54) is 17.0 Å². The molecule has 0 fully saturated rings. The van der Waals surface area contributed by atoms with Crippen molar-refractivity contribution in [3.8, 4) is 5.75 Å². The van der Waals surface area contributed by atoms with Gasteiger partial charge in [-0.15, -0.1) is 0 Å². The molecular formula is C15H22N2O4. The third kappa shape index (κ3) is 5.07. The first-order valence-electron chi connectivity index (χ1n) is 6.90. The van der Waals surface area contributed by atoms with Crippen molar-refractivity contribution in [1.29, 1.82) is 0 Å². The lowest BCUT2D eigenvalue weighted by molar-refractivity contribution is -0.146. The van der Waals surface area contributed by atoms with Crippen LogP contribution in [-0.4, -0.2) is 45.6 Å². The topological polar surface area (TPSA) is 104 Å². The van der Waals surface area contributed by atoms with Crippen molar-refractivity contribution in [2.24, 2.45) is 5.73 Å². The monoisotopic (exact) mass is 294 g/mol. The summed E-state index contributed by atoms with van der Waals surface area (Å²) in [5.41, 5.74) is 6.72. The minimum absolute atomic E-state index is 0.144. The van der Waals surface area contributed by atoms with Crippen molar-refractivity contribution < 1.29 is 19.8 Å². The zero-order valence-corrected chi connectivity index (χ0v) is 12.3. The summed E-state index contributed by atoms with van der Waals surface area (Å²) in [5, 5.41) is 18.1. The summed E-state index contributed by atoms with van der Waals surface area (Å²) in [7, 11) is 0. The number of phenolic OH excluding ortho intramolecular Hbond substituents is 1. The Labute approximate surface area is 124 Å². The second-order valence-corrected chi connectivity index (χ2v) is 5.09. The van der Waals surface area contributed by atoms with Crippen LogP contribution in [0.1, 0.15) is 25.8 Å². The lowest BCUT2D eigenvalue weighted by atomic mass is 10.0. The molecule has 0 aliphatic heterocycles. The van der Waals surface area contributed by atoms with Crippen LogP contribution in [0, 0.1) is 0 Å². The number of benzene rings is 1. The number of nitrogens with zero attached hydrogens (tertiary/aromatic N) is 1. The summed E-state index contributed by atoms with van der Waals surface area (Å²) in [5.74, 6) is -1.29. The number of carbonyl (C=O) groups is 2. The predicted octanol–water partition coefficient (Wildman–Crippen LogP) is 0.974. The van der Waals surface area contributed by atoms with Crippen LogP contribution in [0.2, 0.25) is 0 Å². The standard InChI is InChI=1S/C15H22N2O4/c1-3-10(2)17(9-14(19)20)15(21)13(16)8-11-4-6-12(18)7-5-11/h4-7,10,13,18H,3,8-9,16H2,1-2H3,(H,19,20). The molecule has 116 valence electrons. The van der Waals surface area contributed by atoms with Crippen molar-refractivity contribution in [1.82, 2.24) is 4.90 Å². The third-order valence-corrected chi connectivity index (χ3v) is 3.42. The van der Waals surface area contributed by atoms with Gasteiger partial charge in [-0.1, -0.05) is 19.1 Å². The molecule has 4 N–H and O–H groups in total. The fraction of sp³-hybridized carbons (Fsp3) is 0.467. The average molecular weight is 294 g/mol. The maximum atomic E-state index is 12.3. The number of hydrogen-bond acceptors (Lipinski definition) is 4. The third-order valence-electron chi connectivity index (χ3n) is 3.42. The van der Waals surface area contributed by atoms with Crippen molar-refractivity contribution in [2.75, 3.05) is 6.54 Å². The highest BCUT2D eigenvalue weighted by Crippen LogP contribution is 2.13. The van der Waals surface area contributed by atoms with Crippen LogP contribution in [0.25, 0.3) is 0 Å². The number of aromatic hydroxyl groups is 1. The molecule has 6 nitrogen and oxygen atoms in total. The Morgan fingerprint density at radius 1 is 1.29 bits per heavy atom. The Hall–Kier alpha value is -2.08. The first-order valence-corrected chi connectivity index (χ1v) is 6.90. The van der Waals surface area contributed by atoms with E-state index in [4.69, 9.17) is 10.8 Å². The SMILES string of the molecule is CCC(C)N(CC(=O)O)C(=O)C(N)Cc1ccc(O)cc1. The van der Waals surface area contributed by atoms with Gasteiger partial charge in [-0.25, -0.2) is 0 Å². The van der Waals surface area contributed by atoms with E-state index in [1.54, 1.807) is 19.1 Å². The van der Waals surface area contributed by atoms with Crippen molar-refractivity contribution in [3.05, 3.63) is 29.8 Å². The molecule has 2 unspecified atom stereocenters. The maximum absolute atomic E-state index is 12.3. The molecule has 0 aromatic heterocycles. The largest absolute Gasteiger partial charge is 0.508 e. The summed E-state index contributed by atoms with van der Waals surface area (Å²) in [6, 6.07) is 5.44. The average Bonchev–Trinajstić information content (AvgIpc) is 2.45. The van der Waals surface area contributed by atoms with Crippen molar-refractivity contribution in [2.45, 2.75) is 38.8 Å². The fourth-order valence-electron chi connectivity index (χ4n) is 2.00. The molecule has 0 aliphatic carbocycles. The number of amides is 1. The van der Waals surface area contributed by atoms with Crippen molar-refractivity contribution in [3.63, 3.8) is 0 Å². The molecule has 0 heterocycles. The molecule has 0 radical (unpaired) electrons. The van der Waals surface area contributed by atoms with E-state index in [1.807, 2.05) is 6.92 Å². The van der Waals surface area contributed by atoms with Gasteiger partial charge >= 0.3 is 5.97 Å². The normalized spacial score (nSPS) is 13.5. The quantitative estimate of drug-likeness (QED) is 0.695. The van der Waals surface area contributed by atoms with Crippen LogP contribution >= 0.6 is 0 Å². The molecule has 1 aromatic rings. The summed E-state index contributed by atoms with van der Waals surface area (Å²) in [4.78, 5) is 24.5. The van der Waals surface area contributed by atoms with E-state index in [9.17, 15) is 14.7 Å². The van der Waals surface area contributed by atoms with E-state index in [0.29, 0.717) is 12.8 Å². The van der Waals surface area contributed by atoms with Crippen LogP contribution < -0.4 is 5.73 Å². The molecule has 21 heavy (non-hydrogen) atoms. The molecule has 1 aromatic carbocycles. The molecule has 0 saturated heterocycles. The molecule has 0 bridgehead atoms. The highest BCUT2D eigenvalue weighted by molar-refractivity contribution is 5.85. The van der Waals surface area contributed by atoms with Gasteiger partial charge < -0.3 is 20.8 Å². The maximum Gasteiger partial charge on any atom is 0.323 e. The van der Waals surface area contributed by atoms with Crippen LogP contribution in [-0.2, 0) is 16.0 Å². The lowest BCUT2D eigenvalue weighted by Gasteiger charge is -2.29. The Bertz CT molecular complexity index is 487. The van der Waals surface area contributed by atoms with Gasteiger partial charge in [0.2, 0.25) is 5.91 Å². The highest BCUT2D eigenvalue weighted by atomic mass is 16.4. The van der Waals surface area contributed by atoms with Gasteiger partial charge in [-0.2, -0.15) is 0 Å². The van der Waals surface area contributed by atoms with E-state index in [2.05, 4.69) is 0 Å². The van der Waals surface area contributed by atoms with Gasteiger partial charge in [0.05, 0.1) is 6.04 Å². The molecule has 0 saturated carbocycles. The molecule has 0 spiro atoms. The molecule has 1 rings (SSSR count). The second-order valence-electron chi connectivity index (χ2n) is 5.09. The number of carboxylic acid groups (broad SMARTS) is 1. The Kier molecular flexibility index (Phi) is 6.17. The van der Waals surface area contributed by atoms with E-state index < -0.39 is 12.0 Å². The van der Waals surface area contributed by atoms with Gasteiger partial charge in [0, 0.05) is 6.04 Å². The Morgan fingerprint density at radius 2 is 1.86 bits per heavy atom.